The highest BCUT2D eigenvalue weighted by molar-refractivity contribution is 5.69. The van der Waals surface area contributed by atoms with E-state index in [9.17, 15) is 13.2 Å². The van der Waals surface area contributed by atoms with Crippen molar-refractivity contribution in [2.45, 2.75) is 24.9 Å². The van der Waals surface area contributed by atoms with Crippen molar-refractivity contribution in [3.8, 4) is 23.5 Å². The van der Waals surface area contributed by atoms with Crippen LogP contribution in [0.4, 0.5) is 13.2 Å². The number of nitrogens with zero attached hydrogens (tertiary/aromatic N) is 2. The average Bonchev–Trinajstić information content (AvgIpc) is 3.32. The zero-order chi connectivity index (χ0) is 16.9. The van der Waals surface area contributed by atoms with Gasteiger partial charge in [-0.3, -0.25) is 4.40 Å². The predicted molar refractivity (Wildman–Crippen MR) is 85.5 cm³/mol. The lowest BCUT2D eigenvalue weighted by Crippen LogP contribution is -2.04. The first-order valence-electron chi connectivity index (χ1n) is 7.62. The normalized spacial score (nSPS) is 14.8. The number of benzene rings is 1. The van der Waals surface area contributed by atoms with E-state index in [1.165, 1.54) is 12.1 Å². The largest absolute Gasteiger partial charge is 0.416 e. The van der Waals surface area contributed by atoms with Gasteiger partial charge in [0.05, 0.1) is 11.8 Å². The number of hydrogen-bond acceptors (Lipinski definition) is 1. The Kier molecular flexibility index (Phi) is 3.17. The smallest absolute Gasteiger partial charge is 0.292 e. The molecule has 2 nitrogen and oxygen atoms in total. The predicted octanol–water partition coefficient (Wildman–Crippen LogP) is 4.88. The fraction of sp³-hybridized carbons (Fsp3) is 0.211. The van der Waals surface area contributed by atoms with Gasteiger partial charge in [-0.05, 0) is 53.6 Å². The van der Waals surface area contributed by atoms with Crippen molar-refractivity contribution in [2.24, 2.45) is 0 Å². The molecule has 0 unspecified atom stereocenters. The number of hydrogen-bond donors (Lipinski definition) is 0. The molecule has 2 heterocycles. The quantitative estimate of drug-likeness (QED) is 0.614. The van der Waals surface area contributed by atoms with Gasteiger partial charge < -0.3 is 0 Å². The Morgan fingerprint density at radius 1 is 1.12 bits per heavy atom. The molecule has 1 fully saturated rings. The summed E-state index contributed by atoms with van der Waals surface area (Å²) in [6, 6.07) is 7.21. The highest BCUT2D eigenvalue weighted by Crippen LogP contribution is 2.43. The summed E-state index contributed by atoms with van der Waals surface area (Å²) in [6.45, 7) is 0. The van der Waals surface area contributed by atoms with Gasteiger partial charge in [-0.15, -0.1) is 6.42 Å². The van der Waals surface area contributed by atoms with Crippen LogP contribution in [0.5, 0.6) is 0 Å². The molecular weight excluding hydrogens is 313 g/mol. The number of terminal acetylenes is 1. The minimum Gasteiger partial charge on any atom is -0.292 e. The van der Waals surface area contributed by atoms with Crippen LogP contribution < -0.4 is 0 Å². The summed E-state index contributed by atoms with van der Waals surface area (Å²) < 4.78 is 40.0. The van der Waals surface area contributed by atoms with Crippen molar-refractivity contribution in [2.75, 3.05) is 0 Å². The first-order chi connectivity index (χ1) is 11.5. The molecule has 5 heteroatoms. The van der Waals surface area contributed by atoms with Crippen LogP contribution in [0.3, 0.4) is 0 Å². The minimum atomic E-state index is -4.33. The van der Waals surface area contributed by atoms with E-state index in [-0.39, 0.29) is 0 Å². The zero-order valence-electron chi connectivity index (χ0n) is 12.6. The van der Waals surface area contributed by atoms with Crippen molar-refractivity contribution in [1.82, 2.24) is 9.38 Å². The molecule has 0 atom stereocenters. The molecule has 1 aromatic carbocycles. The van der Waals surface area contributed by atoms with Crippen molar-refractivity contribution < 1.29 is 13.2 Å². The Hall–Kier alpha value is -2.74. The van der Waals surface area contributed by atoms with Gasteiger partial charge in [0, 0.05) is 6.20 Å². The van der Waals surface area contributed by atoms with Crippen LogP contribution in [0.1, 0.15) is 35.6 Å². The fourth-order valence-electron chi connectivity index (χ4n) is 2.92. The molecule has 1 aliphatic rings. The molecule has 4 rings (SSSR count). The van der Waals surface area contributed by atoms with Gasteiger partial charge >= 0.3 is 6.18 Å². The van der Waals surface area contributed by atoms with Crippen LogP contribution in [0.15, 0.2) is 42.7 Å². The number of imidazole rings is 1. The Balaban J connectivity index is 1.86. The van der Waals surface area contributed by atoms with Gasteiger partial charge in [-0.2, -0.15) is 13.2 Å². The van der Waals surface area contributed by atoms with Gasteiger partial charge in [-0.25, -0.2) is 4.98 Å². The third-order valence-electron chi connectivity index (χ3n) is 4.34. The van der Waals surface area contributed by atoms with Gasteiger partial charge in [-0.1, -0.05) is 18.1 Å². The first kappa shape index (κ1) is 14.8. The molecule has 0 amide bonds. The lowest BCUT2D eigenvalue weighted by atomic mass is 10.0. The summed E-state index contributed by atoms with van der Waals surface area (Å²) in [5.41, 5.74) is 3.49. The molecule has 0 N–H and O–H groups in total. The summed E-state index contributed by atoms with van der Waals surface area (Å²) in [5.74, 6) is 3.05. The topological polar surface area (TPSA) is 17.3 Å². The molecule has 1 aliphatic carbocycles. The maximum atomic E-state index is 12.7. The molecule has 0 aliphatic heterocycles. The van der Waals surface area contributed by atoms with Crippen LogP contribution in [0, 0.1) is 12.3 Å². The Labute approximate surface area is 137 Å². The molecule has 2 aromatic heterocycles. The number of pyridine rings is 1. The van der Waals surface area contributed by atoms with Crippen LogP contribution in [-0.2, 0) is 6.18 Å². The molecular formula is C19H13F3N2. The molecule has 0 saturated heterocycles. The van der Waals surface area contributed by atoms with Crippen molar-refractivity contribution in [3.63, 3.8) is 0 Å². The summed E-state index contributed by atoms with van der Waals surface area (Å²) >= 11 is 0. The Morgan fingerprint density at radius 2 is 1.83 bits per heavy atom. The number of rotatable bonds is 2. The van der Waals surface area contributed by atoms with Gasteiger partial charge in [0.2, 0.25) is 0 Å². The summed E-state index contributed by atoms with van der Waals surface area (Å²) in [5, 5.41) is 0. The molecule has 0 bridgehead atoms. The minimum absolute atomic E-state index is 0.454. The Morgan fingerprint density at radius 3 is 2.42 bits per heavy atom. The summed E-state index contributed by atoms with van der Waals surface area (Å²) in [6.07, 6.45) is 6.89. The molecule has 24 heavy (non-hydrogen) atoms. The zero-order valence-corrected chi connectivity index (χ0v) is 12.6. The molecule has 120 valence electrons. The molecule has 1 saturated carbocycles. The van der Waals surface area contributed by atoms with Crippen LogP contribution in [0.25, 0.3) is 16.8 Å². The van der Waals surface area contributed by atoms with E-state index in [0.717, 1.165) is 47.3 Å². The van der Waals surface area contributed by atoms with Crippen LogP contribution in [-0.4, -0.2) is 9.38 Å². The third-order valence-corrected chi connectivity index (χ3v) is 4.34. The third kappa shape index (κ3) is 2.44. The number of halogens is 3. The van der Waals surface area contributed by atoms with Gasteiger partial charge in [0.15, 0.2) is 0 Å². The van der Waals surface area contributed by atoms with Crippen molar-refractivity contribution in [1.29, 1.82) is 0 Å². The number of aromatic nitrogens is 2. The van der Waals surface area contributed by atoms with E-state index in [0.29, 0.717) is 11.6 Å². The fourth-order valence-corrected chi connectivity index (χ4v) is 2.92. The maximum absolute atomic E-state index is 12.7. The van der Waals surface area contributed by atoms with Gasteiger partial charge in [0.25, 0.3) is 0 Å². The van der Waals surface area contributed by atoms with E-state index in [1.807, 2.05) is 16.7 Å². The molecule has 3 aromatic rings. The maximum Gasteiger partial charge on any atom is 0.416 e. The number of alkyl halides is 3. The standard InChI is InChI=1S/C19H13F3N2/c1-2-16-10-23-18-17(13-3-4-13)9-14(11-24(16)18)12-5-7-15(8-6-12)19(20,21)22/h1,5-11,13H,3-4H2. The van der Waals surface area contributed by atoms with E-state index >= 15 is 0 Å². The summed E-state index contributed by atoms with van der Waals surface area (Å²) in [7, 11) is 0. The highest BCUT2D eigenvalue weighted by Gasteiger charge is 2.30. The second-order valence-corrected chi connectivity index (χ2v) is 6.01. The second kappa shape index (κ2) is 5.13. The van der Waals surface area contributed by atoms with Crippen molar-refractivity contribution >= 4 is 5.65 Å². The SMILES string of the molecule is C#Cc1cnc2c(C3CC3)cc(-c3ccc(C(F)(F)F)cc3)cn12. The van der Waals surface area contributed by atoms with Crippen molar-refractivity contribution in [3.05, 3.63) is 59.5 Å². The highest BCUT2D eigenvalue weighted by atomic mass is 19.4. The monoisotopic (exact) mass is 326 g/mol. The van der Waals surface area contributed by atoms with Crippen LogP contribution >= 0.6 is 0 Å². The lowest BCUT2D eigenvalue weighted by molar-refractivity contribution is -0.137. The Bertz CT molecular complexity index is 955. The second-order valence-electron chi connectivity index (χ2n) is 6.01. The molecule has 0 spiro atoms. The van der Waals surface area contributed by atoms with E-state index in [4.69, 9.17) is 6.42 Å². The van der Waals surface area contributed by atoms with E-state index < -0.39 is 11.7 Å². The number of fused-ring (bicyclic) bond motifs is 1. The average molecular weight is 326 g/mol. The lowest BCUT2D eigenvalue weighted by Gasteiger charge is -2.10. The van der Waals surface area contributed by atoms with E-state index in [1.54, 1.807) is 6.20 Å². The van der Waals surface area contributed by atoms with E-state index in [2.05, 4.69) is 10.9 Å². The summed E-state index contributed by atoms with van der Waals surface area (Å²) in [4.78, 5) is 4.40. The van der Waals surface area contributed by atoms with Crippen LogP contribution in [0.2, 0.25) is 0 Å². The van der Waals surface area contributed by atoms with Gasteiger partial charge in [0.1, 0.15) is 11.3 Å². The molecule has 0 radical (unpaired) electrons. The first-order valence-corrected chi connectivity index (χ1v) is 7.62.